The number of para-hydroxylation sites is 1. The lowest BCUT2D eigenvalue weighted by Crippen LogP contribution is -2.41. The van der Waals surface area contributed by atoms with Crippen molar-refractivity contribution in [2.75, 3.05) is 47.0 Å². The Balaban J connectivity index is 1.66. The summed E-state index contributed by atoms with van der Waals surface area (Å²) < 4.78 is 11.1. The second-order valence-corrected chi connectivity index (χ2v) is 6.43. The highest BCUT2D eigenvalue weighted by molar-refractivity contribution is 6.32. The van der Waals surface area contributed by atoms with Crippen molar-refractivity contribution in [3.63, 3.8) is 0 Å². The van der Waals surface area contributed by atoms with Crippen LogP contribution in [0, 0.1) is 5.92 Å². The summed E-state index contributed by atoms with van der Waals surface area (Å²) in [6.07, 6.45) is 3.52. The van der Waals surface area contributed by atoms with E-state index in [4.69, 9.17) is 21.1 Å². The number of aliphatic imine (C=N–C) groups is 1. The van der Waals surface area contributed by atoms with E-state index in [0.29, 0.717) is 23.9 Å². The van der Waals surface area contributed by atoms with E-state index >= 15 is 0 Å². The Labute approximate surface area is 150 Å². The molecule has 1 fully saturated rings. The van der Waals surface area contributed by atoms with Gasteiger partial charge in [-0.3, -0.25) is 4.99 Å². The maximum Gasteiger partial charge on any atom is 0.193 e. The third kappa shape index (κ3) is 6.21. The highest BCUT2D eigenvalue weighted by Crippen LogP contribution is 2.22. The van der Waals surface area contributed by atoms with Gasteiger partial charge < -0.3 is 19.7 Å². The van der Waals surface area contributed by atoms with Crippen LogP contribution in [0.1, 0.15) is 19.3 Å². The molecule has 0 radical (unpaired) electrons. The lowest BCUT2D eigenvalue weighted by atomic mass is 9.96. The van der Waals surface area contributed by atoms with Crippen molar-refractivity contribution in [1.29, 1.82) is 0 Å². The SMILES string of the molecule is CN=C(NCCOc1ccccc1Cl)N(C)CCC1CCOCC1. The first-order chi connectivity index (χ1) is 11.7. The summed E-state index contributed by atoms with van der Waals surface area (Å²) in [5.74, 6) is 2.37. The van der Waals surface area contributed by atoms with Crippen LogP contribution in [0.15, 0.2) is 29.3 Å². The first-order valence-electron chi connectivity index (χ1n) is 8.57. The van der Waals surface area contributed by atoms with Gasteiger partial charge >= 0.3 is 0 Å². The Morgan fingerprint density at radius 2 is 2.12 bits per heavy atom. The summed E-state index contributed by atoms with van der Waals surface area (Å²) in [6.45, 7) is 4.02. The number of ether oxygens (including phenoxy) is 2. The van der Waals surface area contributed by atoms with Gasteiger partial charge in [-0.15, -0.1) is 0 Å². The van der Waals surface area contributed by atoms with E-state index in [1.54, 1.807) is 0 Å². The van der Waals surface area contributed by atoms with Crippen molar-refractivity contribution in [1.82, 2.24) is 10.2 Å². The van der Waals surface area contributed by atoms with Crippen LogP contribution >= 0.6 is 11.6 Å². The van der Waals surface area contributed by atoms with Crippen LogP contribution in [-0.4, -0.2) is 57.9 Å². The molecular weight excluding hydrogens is 326 g/mol. The quantitative estimate of drug-likeness (QED) is 0.465. The molecule has 1 N–H and O–H groups in total. The van der Waals surface area contributed by atoms with Gasteiger partial charge in [-0.05, 0) is 37.3 Å². The van der Waals surface area contributed by atoms with Crippen LogP contribution < -0.4 is 10.1 Å². The van der Waals surface area contributed by atoms with Crippen LogP contribution in [-0.2, 0) is 4.74 Å². The van der Waals surface area contributed by atoms with Crippen molar-refractivity contribution in [3.05, 3.63) is 29.3 Å². The van der Waals surface area contributed by atoms with Gasteiger partial charge in [0.05, 0.1) is 11.6 Å². The summed E-state index contributed by atoms with van der Waals surface area (Å²) >= 11 is 6.07. The highest BCUT2D eigenvalue weighted by Gasteiger charge is 2.15. The van der Waals surface area contributed by atoms with Crippen LogP contribution in [0.25, 0.3) is 0 Å². The average Bonchev–Trinajstić information content (AvgIpc) is 2.62. The number of halogens is 1. The Kier molecular flexibility index (Phi) is 8.19. The van der Waals surface area contributed by atoms with E-state index in [1.807, 2.05) is 31.3 Å². The summed E-state index contributed by atoms with van der Waals surface area (Å²) in [6, 6.07) is 7.50. The maximum atomic E-state index is 6.07. The lowest BCUT2D eigenvalue weighted by molar-refractivity contribution is 0.0625. The molecule has 1 aromatic rings. The Morgan fingerprint density at radius 1 is 1.38 bits per heavy atom. The zero-order valence-electron chi connectivity index (χ0n) is 14.6. The van der Waals surface area contributed by atoms with Gasteiger partial charge in [0.2, 0.25) is 0 Å². The number of hydrogen-bond acceptors (Lipinski definition) is 3. The van der Waals surface area contributed by atoms with E-state index < -0.39 is 0 Å². The fourth-order valence-corrected chi connectivity index (χ4v) is 2.98. The predicted molar refractivity (Wildman–Crippen MR) is 99.1 cm³/mol. The zero-order chi connectivity index (χ0) is 17.2. The number of guanidine groups is 1. The van der Waals surface area contributed by atoms with E-state index in [9.17, 15) is 0 Å². The third-order valence-electron chi connectivity index (χ3n) is 4.27. The van der Waals surface area contributed by atoms with Crippen molar-refractivity contribution in [2.24, 2.45) is 10.9 Å². The molecule has 24 heavy (non-hydrogen) atoms. The Morgan fingerprint density at radius 3 is 2.83 bits per heavy atom. The average molecular weight is 354 g/mol. The van der Waals surface area contributed by atoms with Gasteiger partial charge in [0.1, 0.15) is 12.4 Å². The fraction of sp³-hybridized carbons (Fsp3) is 0.611. The van der Waals surface area contributed by atoms with Gasteiger partial charge in [0.15, 0.2) is 5.96 Å². The summed E-state index contributed by atoms with van der Waals surface area (Å²) in [5, 5.41) is 3.96. The number of nitrogens with zero attached hydrogens (tertiary/aromatic N) is 2. The Bertz CT molecular complexity index is 519. The second kappa shape index (κ2) is 10.4. The number of benzene rings is 1. The molecule has 0 spiro atoms. The van der Waals surface area contributed by atoms with Gasteiger partial charge in [-0.1, -0.05) is 23.7 Å². The molecule has 0 amide bonds. The van der Waals surface area contributed by atoms with E-state index in [2.05, 4.69) is 22.3 Å². The molecule has 0 saturated carbocycles. The molecule has 1 aliphatic rings. The van der Waals surface area contributed by atoms with Crippen molar-refractivity contribution < 1.29 is 9.47 Å². The zero-order valence-corrected chi connectivity index (χ0v) is 15.4. The standard InChI is InChI=1S/C18H28ClN3O2/c1-20-18(22(2)11-7-15-8-12-23-13-9-15)21-10-14-24-17-6-4-3-5-16(17)19/h3-6,15H,7-14H2,1-2H3,(H,20,21). The maximum absolute atomic E-state index is 6.07. The minimum Gasteiger partial charge on any atom is -0.490 e. The molecule has 1 aliphatic heterocycles. The molecule has 1 aromatic carbocycles. The van der Waals surface area contributed by atoms with Crippen LogP contribution in [0.4, 0.5) is 0 Å². The van der Waals surface area contributed by atoms with Crippen LogP contribution in [0.5, 0.6) is 5.75 Å². The normalized spacial score (nSPS) is 16.0. The molecule has 2 rings (SSSR count). The monoisotopic (exact) mass is 353 g/mol. The summed E-state index contributed by atoms with van der Waals surface area (Å²) in [4.78, 5) is 6.51. The summed E-state index contributed by atoms with van der Waals surface area (Å²) in [5.41, 5.74) is 0. The number of nitrogens with one attached hydrogen (secondary N) is 1. The minimum atomic E-state index is 0.538. The van der Waals surface area contributed by atoms with Crippen LogP contribution in [0.3, 0.4) is 0 Å². The molecule has 1 heterocycles. The highest BCUT2D eigenvalue weighted by atomic mass is 35.5. The van der Waals surface area contributed by atoms with Gasteiger partial charge in [-0.2, -0.15) is 0 Å². The van der Waals surface area contributed by atoms with E-state index in [1.165, 1.54) is 19.3 Å². The van der Waals surface area contributed by atoms with E-state index in [-0.39, 0.29) is 0 Å². The molecule has 1 saturated heterocycles. The molecule has 6 heteroatoms. The molecule has 0 aromatic heterocycles. The molecule has 0 aliphatic carbocycles. The van der Waals surface area contributed by atoms with Crippen LogP contribution in [0.2, 0.25) is 5.02 Å². The largest absolute Gasteiger partial charge is 0.490 e. The Hall–Kier alpha value is -1.46. The molecule has 5 nitrogen and oxygen atoms in total. The third-order valence-corrected chi connectivity index (χ3v) is 4.58. The summed E-state index contributed by atoms with van der Waals surface area (Å²) in [7, 11) is 3.88. The molecule has 0 bridgehead atoms. The van der Waals surface area contributed by atoms with Crippen molar-refractivity contribution in [2.45, 2.75) is 19.3 Å². The molecule has 134 valence electrons. The number of hydrogen-bond donors (Lipinski definition) is 1. The second-order valence-electron chi connectivity index (χ2n) is 6.02. The number of rotatable bonds is 7. The van der Waals surface area contributed by atoms with Crippen molar-refractivity contribution in [3.8, 4) is 5.75 Å². The fourth-order valence-electron chi connectivity index (χ4n) is 2.79. The van der Waals surface area contributed by atoms with Gasteiger partial charge in [-0.25, -0.2) is 0 Å². The van der Waals surface area contributed by atoms with E-state index in [0.717, 1.165) is 31.6 Å². The van der Waals surface area contributed by atoms with Gasteiger partial charge in [0, 0.05) is 33.9 Å². The topological polar surface area (TPSA) is 46.1 Å². The molecule has 0 atom stereocenters. The van der Waals surface area contributed by atoms with Crippen molar-refractivity contribution >= 4 is 17.6 Å². The smallest absolute Gasteiger partial charge is 0.193 e. The lowest BCUT2D eigenvalue weighted by Gasteiger charge is -2.26. The first kappa shape index (κ1) is 18.9. The molecule has 0 unspecified atom stereocenters. The van der Waals surface area contributed by atoms with Gasteiger partial charge in [0.25, 0.3) is 0 Å². The molecular formula is C18H28ClN3O2. The predicted octanol–water partition coefficient (Wildman–Crippen LogP) is 3.04. The first-order valence-corrected chi connectivity index (χ1v) is 8.95. The minimum absolute atomic E-state index is 0.538.